The number of hydrogen-bond acceptors (Lipinski definition) is 7. The molecule has 0 saturated carbocycles. The Morgan fingerprint density at radius 1 is 1.12 bits per heavy atom. The Labute approximate surface area is 156 Å². The van der Waals surface area contributed by atoms with E-state index in [4.69, 9.17) is 4.84 Å². The summed E-state index contributed by atoms with van der Waals surface area (Å²) in [5.41, 5.74) is 1.21. The summed E-state index contributed by atoms with van der Waals surface area (Å²) in [4.78, 5) is 48.2. The first kappa shape index (κ1) is 16.6. The van der Waals surface area contributed by atoms with Crippen LogP contribution in [0.2, 0.25) is 0 Å². The van der Waals surface area contributed by atoms with Crippen molar-refractivity contribution in [2.75, 3.05) is 0 Å². The second-order valence-electron chi connectivity index (χ2n) is 5.57. The molecule has 3 aromatic rings. The molecule has 0 aliphatic carbocycles. The zero-order chi connectivity index (χ0) is 18.3. The topological polar surface area (TPSA) is 76.6 Å². The lowest BCUT2D eigenvalue weighted by Gasteiger charge is -2.12. The highest BCUT2D eigenvalue weighted by Crippen LogP contribution is 2.32. The van der Waals surface area contributed by atoms with E-state index in [2.05, 4.69) is 4.98 Å². The number of benzene rings is 1. The number of carbonyl (C=O) groups excluding carboxylic acids is 3. The quantitative estimate of drug-likeness (QED) is 0.644. The molecule has 0 fully saturated rings. The van der Waals surface area contributed by atoms with E-state index in [0.29, 0.717) is 5.06 Å². The Hall–Kier alpha value is -2.84. The van der Waals surface area contributed by atoms with Crippen LogP contribution in [0.1, 0.15) is 30.6 Å². The van der Waals surface area contributed by atoms with Crippen molar-refractivity contribution in [2.24, 2.45) is 0 Å². The number of fused-ring (bicyclic) bond motifs is 1. The summed E-state index contributed by atoms with van der Waals surface area (Å²) in [6.07, 6.45) is -0.0633. The highest BCUT2D eigenvalue weighted by molar-refractivity contribution is 7.15. The van der Waals surface area contributed by atoms with E-state index in [1.54, 1.807) is 12.1 Å². The number of carbonyl (C=O) groups is 3. The van der Waals surface area contributed by atoms with Crippen LogP contribution in [0.25, 0.3) is 10.6 Å². The van der Waals surface area contributed by atoms with Crippen LogP contribution in [0.4, 0.5) is 0 Å². The van der Waals surface area contributed by atoms with Crippen LogP contribution >= 0.6 is 22.7 Å². The van der Waals surface area contributed by atoms with E-state index in [0.717, 1.165) is 20.5 Å². The lowest BCUT2D eigenvalue weighted by molar-refractivity contribution is -0.167. The smallest absolute Gasteiger partial charge is 0.329 e. The second kappa shape index (κ2) is 6.47. The van der Waals surface area contributed by atoms with Gasteiger partial charge in [0.1, 0.15) is 0 Å². The first-order valence-electron chi connectivity index (χ1n) is 7.73. The largest absolute Gasteiger partial charge is 0.338 e. The van der Waals surface area contributed by atoms with Crippen molar-refractivity contribution in [2.45, 2.75) is 13.3 Å². The Bertz CT molecular complexity index is 989. The number of hydroxylamine groups is 2. The highest BCUT2D eigenvalue weighted by Gasteiger charge is 2.38. The molecule has 0 bridgehead atoms. The van der Waals surface area contributed by atoms with Crippen molar-refractivity contribution in [1.82, 2.24) is 10.0 Å². The first-order valence-corrected chi connectivity index (χ1v) is 9.43. The summed E-state index contributed by atoms with van der Waals surface area (Å²) in [6, 6.07) is 10.2. The minimum atomic E-state index is -0.680. The Morgan fingerprint density at radius 3 is 2.42 bits per heavy atom. The van der Waals surface area contributed by atoms with Crippen molar-refractivity contribution in [3.8, 4) is 10.6 Å². The van der Waals surface area contributed by atoms with Gasteiger partial charge in [-0.15, -0.1) is 22.7 Å². The third kappa shape index (κ3) is 2.83. The number of imide groups is 1. The van der Waals surface area contributed by atoms with Crippen molar-refractivity contribution in [1.29, 1.82) is 0 Å². The summed E-state index contributed by atoms with van der Waals surface area (Å²) in [5.74, 6) is -1.93. The van der Waals surface area contributed by atoms with Crippen LogP contribution in [-0.4, -0.2) is 27.8 Å². The molecule has 0 atom stereocenters. The van der Waals surface area contributed by atoms with Gasteiger partial charge >= 0.3 is 5.97 Å². The third-order valence-electron chi connectivity index (χ3n) is 3.81. The molecule has 1 aromatic carbocycles. The zero-order valence-electron chi connectivity index (χ0n) is 13.6. The maximum absolute atomic E-state index is 12.4. The molecule has 2 aromatic heterocycles. The van der Waals surface area contributed by atoms with E-state index in [-0.39, 0.29) is 17.5 Å². The molecule has 1 aliphatic rings. The average molecular weight is 384 g/mol. The molecule has 0 unspecified atom stereocenters. The molecule has 2 amide bonds. The number of thiophene rings is 1. The zero-order valence-corrected chi connectivity index (χ0v) is 15.2. The molecular formula is C18H12N2O4S2. The van der Waals surface area contributed by atoms with Gasteiger partial charge in [-0.2, -0.15) is 0 Å². The monoisotopic (exact) mass is 384 g/mol. The SMILES string of the molecule is Cc1nc(-c2cccs2)c(CC(=O)ON2C(=O)c3ccccc3C2=O)s1. The fourth-order valence-corrected chi connectivity index (χ4v) is 4.45. The van der Waals surface area contributed by atoms with Gasteiger partial charge in [0.2, 0.25) is 0 Å². The van der Waals surface area contributed by atoms with E-state index in [1.165, 1.54) is 34.8 Å². The maximum atomic E-state index is 12.4. The Morgan fingerprint density at radius 2 is 1.81 bits per heavy atom. The number of thiazole rings is 1. The molecule has 130 valence electrons. The van der Waals surface area contributed by atoms with E-state index in [1.807, 2.05) is 24.4 Å². The fraction of sp³-hybridized carbons (Fsp3) is 0.111. The number of hydrogen-bond donors (Lipinski definition) is 0. The summed E-state index contributed by atoms with van der Waals surface area (Å²) in [5, 5.41) is 3.30. The summed E-state index contributed by atoms with van der Waals surface area (Å²) in [7, 11) is 0. The Kier molecular flexibility index (Phi) is 4.14. The van der Waals surface area contributed by atoms with Crippen LogP contribution in [0, 0.1) is 6.92 Å². The molecule has 0 spiro atoms. The van der Waals surface area contributed by atoms with Crippen LogP contribution in [-0.2, 0) is 16.1 Å². The number of aromatic nitrogens is 1. The lowest BCUT2D eigenvalue weighted by Crippen LogP contribution is -2.33. The van der Waals surface area contributed by atoms with E-state index >= 15 is 0 Å². The van der Waals surface area contributed by atoms with Gasteiger partial charge in [-0.25, -0.2) is 9.78 Å². The molecule has 3 heterocycles. The molecule has 6 nitrogen and oxygen atoms in total. The normalized spacial score (nSPS) is 13.2. The number of rotatable bonds is 4. The predicted molar refractivity (Wildman–Crippen MR) is 96.9 cm³/mol. The highest BCUT2D eigenvalue weighted by atomic mass is 32.1. The molecule has 0 saturated heterocycles. The minimum absolute atomic E-state index is 0.0633. The van der Waals surface area contributed by atoms with Crippen molar-refractivity contribution < 1.29 is 19.2 Å². The van der Waals surface area contributed by atoms with Crippen LogP contribution in [0.15, 0.2) is 41.8 Å². The summed E-state index contributed by atoms with van der Waals surface area (Å²) >= 11 is 2.92. The molecule has 4 rings (SSSR count). The van der Waals surface area contributed by atoms with Gasteiger partial charge in [0.15, 0.2) is 0 Å². The van der Waals surface area contributed by atoms with Gasteiger partial charge in [-0.05, 0) is 30.5 Å². The second-order valence-corrected chi connectivity index (χ2v) is 7.81. The fourth-order valence-electron chi connectivity index (χ4n) is 2.71. The summed E-state index contributed by atoms with van der Waals surface area (Å²) in [6.45, 7) is 1.86. The van der Waals surface area contributed by atoms with Gasteiger partial charge in [0.05, 0.1) is 33.1 Å². The van der Waals surface area contributed by atoms with Crippen LogP contribution in [0.5, 0.6) is 0 Å². The first-order chi connectivity index (χ1) is 12.5. The Balaban J connectivity index is 1.53. The predicted octanol–water partition coefficient (Wildman–Crippen LogP) is 3.48. The van der Waals surface area contributed by atoms with Gasteiger partial charge in [0.25, 0.3) is 11.8 Å². The van der Waals surface area contributed by atoms with E-state index in [9.17, 15) is 14.4 Å². The standard InChI is InChI=1S/C18H12N2O4S2/c1-10-19-16(13-7-4-8-25-13)14(26-10)9-15(21)24-20-17(22)11-5-2-3-6-12(11)18(20)23/h2-8H,9H2,1H3. The number of aryl methyl sites for hydroxylation is 1. The van der Waals surface area contributed by atoms with Crippen molar-refractivity contribution in [3.05, 3.63) is 62.8 Å². The maximum Gasteiger partial charge on any atom is 0.338 e. The van der Waals surface area contributed by atoms with Crippen molar-refractivity contribution in [3.63, 3.8) is 0 Å². The third-order valence-corrected chi connectivity index (χ3v) is 5.66. The van der Waals surface area contributed by atoms with Gasteiger partial charge in [-0.1, -0.05) is 23.3 Å². The van der Waals surface area contributed by atoms with Crippen molar-refractivity contribution >= 4 is 40.5 Å². The molecule has 26 heavy (non-hydrogen) atoms. The van der Waals surface area contributed by atoms with Gasteiger partial charge in [0, 0.05) is 4.88 Å². The van der Waals surface area contributed by atoms with Gasteiger partial charge < -0.3 is 4.84 Å². The summed E-state index contributed by atoms with van der Waals surface area (Å²) < 4.78 is 0. The van der Waals surface area contributed by atoms with Gasteiger partial charge in [-0.3, -0.25) is 9.59 Å². The van der Waals surface area contributed by atoms with Crippen LogP contribution in [0.3, 0.4) is 0 Å². The molecular weight excluding hydrogens is 372 g/mol. The molecule has 1 aliphatic heterocycles. The van der Waals surface area contributed by atoms with E-state index < -0.39 is 17.8 Å². The average Bonchev–Trinajstić information content (AvgIpc) is 3.32. The molecule has 0 N–H and O–H groups in total. The number of nitrogens with zero attached hydrogens (tertiary/aromatic N) is 2. The molecule has 8 heteroatoms. The minimum Gasteiger partial charge on any atom is -0.329 e. The lowest BCUT2D eigenvalue weighted by atomic mass is 10.1. The van der Waals surface area contributed by atoms with Crippen LogP contribution < -0.4 is 0 Å². The molecule has 0 radical (unpaired) electrons. The number of amides is 2.